The van der Waals surface area contributed by atoms with Crippen molar-refractivity contribution >= 4 is 45.8 Å². The van der Waals surface area contributed by atoms with Crippen molar-refractivity contribution in [3.05, 3.63) is 78.1 Å². The summed E-state index contributed by atoms with van der Waals surface area (Å²) >= 11 is 0. The molecule has 0 radical (unpaired) electrons. The summed E-state index contributed by atoms with van der Waals surface area (Å²) in [6.45, 7) is 0. The molecule has 3 N–H and O–H groups in total. The zero-order chi connectivity index (χ0) is 29.3. The molecule has 208 valence electrons. The van der Waals surface area contributed by atoms with Crippen LogP contribution in [0.2, 0.25) is 0 Å². The Labute approximate surface area is 230 Å². The van der Waals surface area contributed by atoms with Gasteiger partial charge < -0.3 is 25.2 Å². The highest BCUT2D eigenvalue weighted by Crippen LogP contribution is 2.47. The molecule has 1 aliphatic rings. The number of benzene rings is 2. The Morgan fingerprint density at radius 3 is 2.20 bits per heavy atom. The van der Waals surface area contributed by atoms with E-state index < -0.39 is 46.5 Å². The van der Waals surface area contributed by atoms with Crippen LogP contribution in [0.3, 0.4) is 0 Å². The summed E-state index contributed by atoms with van der Waals surface area (Å²) < 4.78 is 38.9. The number of methoxy groups -OCH3 is 1. The third-order valence-electron chi connectivity index (χ3n) is 6.45. The van der Waals surface area contributed by atoms with E-state index in [1.54, 1.807) is 0 Å². The summed E-state index contributed by atoms with van der Waals surface area (Å²) in [7, 11) is 1.27. The van der Waals surface area contributed by atoms with E-state index in [0.29, 0.717) is 5.69 Å². The summed E-state index contributed by atoms with van der Waals surface area (Å²) in [6, 6.07) is 9.98. The van der Waals surface area contributed by atoms with Gasteiger partial charge in [0.2, 0.25) is 11.8 Å². The molecule has 4 aromatic rings. The van der Waals surface area contributed by atoms with Gasteiger partial charge in [-0.3, -0.25) is 19.4 Å². The SMILES string of the molecule is COc1cc2nccc(Oc3ncc(NC(=O)C4(C(=O)Nc5ccc(F)cc5)CC4)cc3F)c2cc1C(=O)C(=O)O. The molecule has 2 heterocycles. The number of amides is 2. The van der Waals surface area contributed by atoms with Crippen LogP contribution in [-0.2, 0) is 14.4 Å². The number of carbonyl (C=O) groups excluding carboxylic acids is 3. The van der Waals surface area contributed by atoms with Crippen LogP contribution in [-0.4, -0.2) is 45.8 Å². The standard InChI is InChI=1S/C28H20F2N4O7/c1-40-22-12-20-17(11-18(22)23(35)25(36)37)21(6-9-31-20)41-24-19(30)10-16(13-32-24)34-27(39)28(7-8-28)26(38)33-15-4-2-14(29)3-5-15/h2-6,9-13H,7-8H2,1H3,(H,33,38)(H,34,39)(H,36,37). The number of ether oxygens (including phenoxy) is 2. The zero-order valence-corrected chi connectivity index (χ0v) is 21.2. The first kappa shape index (κ1) is 27.1. The Hall–Kier alpha value is -5.46. The number of anilines is 2. The molecule has 0 atom stereocenters. The van der Waals surface area contributed by atoms with Crippen molar-refractivity contribution in [3.63, 3.8) is 0 Å². The molecule has 13 heteroatoms. The van der Waals surface area contributed by atoms with E-state index >= 15 is 0 Å². The van der Waals surface area contributed by atoms with Gasteiger partial charge in [-0.25, -0.2) is 18.6 Å². The lowest BCUT2D eigenvalue weighted by molar-refractivity contribution is -0.132. The van der Waals surface area contributed by atoms with Crippen molar-refractivity contribution in [2.45, 2.75) is 12.8 Å². The molecule has 5 rings (SSSR count). The van der Waals surface area contributed by atoms with Gasteiger partial charge in [0, 0.05) is 29.4 Å². The van der Waals surface area contributed by atoms with E-state index in [2.05, 4.69) is 20.6 Å². The molecule has 2 aromatic carbocycles. The van der Waals surface area contributed by atoms with Crippen molar-refractivity contribution in [1.29, 1.82) is 0 Å². The van der Waals surface area contributed by atoms with Crippen molar-refractivity contribution in [2.75, 3.05) is 17.7 Å². The maximum atomic E-state index is 15.0. The van der Waals surface area contributed by atoms with Crippen LogP contribution >= 0.6 is 0 Å². The van der Waals surface area contributed by atoms with Gasteiger partial charge in [-0.1, -0.05) is 0 Å². The lowest BCUT2D eigenvalue weighted by Gasteiger charge is -2.16. The van der Waals surface area contributed by atoms with E-state index in [1.165, 1.54) is 55.8 Å². The third kappa shape index (κ3) is 5.37. The Kier molecular flexibility index (Phi) is 7.01. The minimum Gasteiger partial charge on any atom is -0.496 e. The van der Waals surface area contributed by atoms with Crippen molar-refractivity contribution < 1.29 is 42.5 Å². The Morgan fingerprint density at radius 2 is 1.59 bits per heavy atom. The number of hydrogen-bond donors (Lipinski definition) is 3. The van der Waals surface area contributed by atoms with Gasteiger partial charge in [0.05, 0.1) is 30.1 Å². The summed E-state index contributed by atoms with van der Waals surface area (Å²) in [5, 5.41) is 14.4. The number of aromatic nitrogens is 2. The minimum absolute atomic E-state index is 0.0151. The number of Topliss-reactive ketones (excluding diaryl/α,β-unsaturated/α-hetero) is 1. The van der Waals surface area contributed by atoms with Crippen LogP contribution in [0.5, 0.6) is 17.4 Å². The first-order valence-electron chi connectivity index (χ1n) is 12.1. The van der Waals surface area contributed by atoms with Crippen molar-refractivity contribution in [2.24, 2.45) is 5.41 Å². The maximum absolute atomic E-state index is 15.0. The van der Waals surface area contributed by atoms with Crippen LogP contribution in [0.1, 0.15) is 23.2 Å². The summed E-state index contributed by atoms with van der Waals surface area (Å²) in [5.74, 6) is -6.04. The van der Waals surface area contributed by atoms with Gasteiger partial charge in [0.15, 0.2) is 5.82 Å². The molecule has 0 bridgehead atoms. The van der Waals surface area contributed by atoms with Crippen LogP contribution in [0.25, 0.3) is 10.9 Å². The number of nitrogens with zero attached hydrogens (tertiary/aromatic N) is 2. The van der Waals surface area contributed by atoms with Gasteiger partial charge in [-0.15, -0.1) is 0 Å². The van der Waals surface area contributed by atoms with Gasteiger partial charge in [0.1, 0.15) is 22.7 Å². The lowest BCUT2D eigenvalue weighted by Crippen LogP contribution is -2.35. The first-order chi connectivity index (χ1) is 19.6. The maximum Gasteiger partial charge on any atom is 0.377 e. The van der Waals surface area contributed by atoms with E-state index in [1.807, 2.05) is 0 Å². The number of aliphatic carboxylic acids is 1. The number of ketones is 1. The number of nitrogens with one attached hydrogen (secondary N) is 2. The predicted molar refractivity (Wildman–Crippen MR) is 140 cm³/mol. The van der Waals surface area contributed by atoms with Crippen LogP contribution in [0.15, 0.2) is 60.9 Å². The number of carboxylic acids is 1. The molecule has 0 saturated heterocycles. The van der Waals surface area contributed by atoms with E-state index in [4.69, 9.17) is 14.6 Å². The number of hydrogen-bond acceptors (Lipinski definition) is 8. The zero-order valence-electron chi connectivity index (χ0n) is 21.2. The molecule has 1 saturated carbocycles. The molecule has 0 aliphatic heterocycles. The van der Waals surface area contributed by atoms with Crippen LogP contribution < -0.4 is 20.1 Å². The topological polar surface area (TPSA) is 157 Å². The number of carboxylic acid groups (broad SMARTS) is 1. The molecule has 0 spiro atoms. The van der Waals surface area contributed by atoms with Crippen molar-refractivity contribution in [1.82, 2.24) is 9.97 Å². The highest BCUT2D eigenvalue weighted by atomic mass is 19.1. The summed E-state index contributed by atoms with van der Waals surface area (Å²) in [4.78, 5) is 57.1. The molecule has 11 nitrogen and oxygen atoms in total. The molecule has 1 fully saturated rings. The highest BCUT2D eigenvalue weighted by Gasteiger charge is 2.56. The number of halogens is 2. The molecular weight excluding hydrogens is 542 g/mol. The van der Waals surface area contributed by atoms with E-state index in [0.717, 1.165) is 12.3 Å². The third-order valence-corrected chi connectivity index (χ3v) is 6.45. The fraction of sp³-hybridized carbons (Fsp3) is 0.143. The number of carbonyl (C=O) groups is 4. The molecule has 1 aliphatic carbocycles. The summed E-state index contributed by atoms with van der Waals surface area (Å²) in [6.07, 6.45) is 3.04. The second-order valence-corrected chi connectivity index (χ2v) is 9.12. The monoisotopic (exact) mass is 562 g/mol. The fourth-order valence-electron chi connectivity index (χ4n) is 4.09. The Bertz CT molecular complexity index is 1720. The molecule has 2 aromatic heterocycles. The second kappa shape index (κ2) is 10.6. The Balaban J connectivity index is 1.34. The predicted octanol–water partition coefficient (Wildman–Crippen LogP) is 4.33. The molecule has 0 unspecified atom stereocenters. The average Bonchev–Trinajstić information content (AvgIpc) is 3.77. The first-order valence-corrected chi connectivity index (χ1v) is 12.1. The Morgan fingerprint density at radius 1 is 0.902 bits per heavy atom. The summed E-state index contributed by atoms with van der Waals surface area (Å²) in [5.41, 5.74) is -1.04. The molecule has 2 amide bonds. The highest BCUT2D eigenvalue weighted by molar-refractivity contribution is 6.41. The second-order valence-electron chi connectivity index (χ2n) is 9.12. The molecular formula is C28H20F2N4O7. The normalized spacial score (nSPS) is 13.2. The smallest absolute Gasteiger partial charge is 0.377 e. The van der Waals surface area contributed by atoms with Crippen LogP contribution in [0, 0.1) is 17.0 Å². The van der Waals surface area contributed by atoms with Gasteiger partial charge in [0.25, 0.3) is 11.7 Å². The minimum atomic E-state index is -1.69. The number of pyridine rings is 2. The molecule has 41 heavy (non-hydrogen) atoms. The number of rotatable bonds is 9. The average molecular weight is 562 g/mol. The lowest BCUT2D eigenvalue weighted by atomic mass is 10.0. The van der Waals surface area contributed by atoms with Gasteiger partial charge in [-0.2, -0.15) is 0 Å². The quantitative estimate of drug-likeness (QED) is 0.153. The van der Waals surface area contributed by atoms with E-state index in [-0.39, 0.29) is 46.5 Å². The largest absolute Gasteiger partial charge is 0.496 e. The van der Waals surface area contributed by atoms with Crippen molar-refractivity contribution in [3.8, 4) is 17.4 Å². The van der Waals surface area contributed by atoms with E-state index in [9.17, 15) is 28.0 Å². The fourth-order valence-corrected chi connectivity index (χ4v) is 4.09. The van der Waals surface area contributed by atoms with Crippen LogP contribution in [0.4, 0.5) is 20.2 Å². The van der Waals surface area contributed by atoms with Gasteiger partial charge >= 0.3 is 5.97 Å². The number of fused-ring (bicyclic) bond motifs is 1. The van der Waals surface area contributed by atoms with Gasteiger partial charge in [-0.05, 0) is 49.2 Å².